The van der Waals surface area contributed by atoms with Crippen LogP contribution in [0, 0.1) is 0 Å². The molecular weight excluding hydrogens is 359 g/mol. The third kappa shape index (κ3) is 6.10. The van der Waals surface area contributed by atoms with Gasteiger partial charge in [-0.25, -0.2) is 0 Å². The Kier molecular flexibility index (Phi) is 6.57. The largest absolute Gasteiger partial charge is 0.418 e. The van der Waals surface area contributed by atoms with Gasteiger partial charge in [0.25, 0.3) is 0 Å². The van der Waals surface area contributed by atoms with E-state index in [4.69, 9.17) is 5.73 Å². The van der Waals surface area contributed by atoms with Gasteiger partial charge in [0.05, 0.1) is 11.3 Å². The Labute approximate surface area is 154 Å². The van der Waals surface area contributed by atoms with Crippen LogP contribution in [0.25, 0.3) is 0 Å². The maximum Gasteiger partial charge on any atom is 0.418 e. The van der Waals surface area contributed by atoms with Crippen LogP contribution in [0.15, 0.2) is 48.5 Å². The number of rotatable bonds is 7. The van der Waals surface area contributed by atoms with Crippen molar-refractivity contribution in [2.24, 2.45) is 5.73 Å². The highest BCUT2D eigenvalue weighted by molar-refractivity contribution is 5.93. The zero-order valence-corrected chi connectivity index (χ0v) is 14.6. The van der Waals surface area contributed by atoms with E-state index in [0.717, 1.165) is 11.6 Å². The molecule has 144 valence electrons. The molecule has 5 nitrogen and oxygen atoms in total. The summed E-state index contributed by atoms with van der Waals surface area (Å²) in [6, 6.07) is 11.3. The van der Waals surface area contributed by atoms with Gasteiger partial charge >= 0.3 is 6.18 Å². The predicted molar refractivity (Wildman–Crippen MR) is 96.0 cm³/mol. The van der Waals surface area contributed by atoms with Crippen molar-refractivity contribution in [1.29, 1.82) is 0 Å². The molecule has 2 rings (SSSR count). The fraction of sp³-hybridized carbons (Fsp3) is 0.263. The first-order valence-electron chi connectivity index (χ1n) is 8.25. The third-order valence-electron chi connectivity index (χ3n) is 3.86. The van der Waals surface area contributed by atoms with Gasteiger partial charge < -0.3 is 16.4 Å². The molecule has 2 aromatic rings. The van der Waals surface area contributed by atoms with Crippen molar-refractivity contribution in [2.45, 2.75) is 32.1 Å². The molecular formula is C19H20F3N3O2. The lowest BCUT2D eigenvalue weighted by Gasteiger charge is -2.16. The van der Waals surface area contributed by atoms with E-state index in [0.29, 0.717) is 12.1 Å². The van der Waals surface area contributed by atoms with Gasteiger partial charge in [-0.15, -0.1) is 0 Å². The van der Waals surface area contributed by atoms with Crippen molar-refractivity contribution in [3.8, 4) is 0 Å². The van der Waals surface area contributed by atoms with Crippen molar-refractivity contribution in [1.82, 2.24) is 5.32 Å². The first-order chi connectivity index (χ1) is 12.7. The molecule has 0 aliphatic rings. The van der Waals surface area contributed by atoms with E-state index in [9.17, 15) is 22.8 Å². The van der Waals surface area contributed by atoms with Gasteiger partial charge in [-0.3, -0.25) is 9.59 Å². The minimum absolute atomic E-state index is 0.0122. The second-order valence-corrected chi connectivity index (χ2v) is 6.14. The van der Waals surface area contributed by atoms with Crippen LogP contribution in [-0.4, -0.2) is 17.9 Å². The van der Waals surface area contributed by atoms with Crippen LogP contribution in [0.4, 0.5) is 18.9 Å². The molecule has 2 aromatic carbocycles. The molecule has 27 heavy (non-hydrogen) atoms. The molecule has 0 aliphatic heterocycles. The fourth-order valence-corrected chi connectivity index (χ4v) is 2.52. The summed E-state index contributed by atoms with van der Waals surface area (Å²) in [5.41, 5.74) is 5.26. The van der Waals surface area contributed by atoms with Gasteiger partial charge in [-0.2, -0.15) is 13.2 Å². The highest BCUT2D eigenvalue weighted by Crippen LogP contribution is 2.34. The number of para-hydroxylation sites is 1. The summed E-state index contributed by atoms with van der Waals surface area (Å²) in [7, 11) is 0. The lowest BCUT2D eigenvalue weighted by Crippen LogP contribution is -2.30. The van der Waals surface area contributed by atoms with Crippen molar-refractivity contribution in [2.75, 3.05) is 5.32 Å². The summed E-state index contributed by atoms with van der Waals surface area (Å²) < 4.78 is 38.9. The zero-order chi connectivity index (χ0) is 20.0. The van der Waals surface area contributed by atoms with Crippen LogP contribution in [0.1, 0.15) is 34.8 Å². The number of hydrogen-bond acceptors (Lipinski definition) is 3. The number of alkyl halides is 3. The Morgan fingerprint density at radius 2 is 1.81 bits per heavy atom. The number of nitrogens with one attached hydrogen (secondary N) is 2. The molecule has 1 atom stereocenters. The van der Waals surface area contributed by atoms with Gasteiger partial charge in [0.1, 0.15) is 0 Å². The SMILES string of the molecule is CC(CC(=O)Nc1ccccc1C(F)(F)F)NCc1cccc(C(N)=O)c1. The topological polar surface area (TPSA) is 84.2 Å². The molecule has 0 saturated carbocycles. The average molecular weight is 379 g/mol. The maximum atomic E-state index is 13.0. The van der Waals surface area contributed by atoms with Gasteiger partial charge in [0.15, 0.2) is 0 Å². The van der Waals surface area contributed by atoms with Crippen molar-refractivity contribution in [3.63, 3.8) is 0 Å². The number of amides is 2. The summed E-state index contributed by atoms with van der Waals surface area (Å²) in [5.74, 6) is -1.06. The second kappa shape index (κ2) is 8.68. The Morgan fingerprint density at radius 3 is 2.48 bits per heavy atom. The number of nitrogens with two attached hydrogens (primary N) is 1. The monoisotopic (exact) mass is 379 g/mol. The number of carbonyl (C=O) groups is 2. The van der Waals surface area contributed by atoms with E-state index in [1.54, 1.807) is 31.2 Å². The third-order valence-corrected chi connectivity index (χ3v) is 3.86. The summed E-state index contributed by atoms with van der Waals surface area (Å²) in [4.78, 5) is 23.3. The van der Waals surface area contributed by atoms with Gasteiger partial charge in [-0.1, -0.05) is 24.3 Å². The average Bonchev–Trinajstić information content (AvgIpc) is 2.59. The van der Waals surface area contributed by atoms with Crippen LogP contribution >= 0.6 is 0 Å². The number of benzene rings is 2. The minimum Gasteiger partial charge on any atom is -0.366 e. The fourth-order valence-electron chi connectivity index (χ4n) is 2.52. The molecule has 0 spiro atoms. The lowest BCUT2D eigenvalue weighted by molar-refractivity contribution is -0.137. The Morgan fingerprint density at radius 1 is 1.11 bits per heavy atom. The smallest absolute Gasteiger partial charge is 0.366 e. The van der Waals surface area contributed by atoms with E-state index < -0.39 is 23.6 Å². The molecule has 0 aromatic heterocycles. The number of anilines is 1. The highest BCUT2D eigenvalue weighted by Gasteiger charge is 2.33. The molecule has 0 radical (unpaired) electrons. The molecule has 8 heteroatoms. The standard InChI is InChI=1S/C19H20F3N3O2/c1-12(24-11-13-5-4-6-14(10-13)18(23)27)9-17(26)25-16-8-3-2-7-15(16)19(20,21)22/h2-8,10,12,24H,9,11H2,1H3,(H2,23,27)(H,25,26). The molecule has 4 N–H and O–H groups in total. The normalized spacial score (nSPS) is 12.4. The summed E-state index contributed by atoms with van der Waals surface area (Å²) in [6.07, 6.45) is -4.55. The van der Waals surface area contributed by atoms with E-state index in [-0.39, 0.29) is 18.2 Å². The van der Waals surface area contributed by atoms with E-state index in [1.807, 2.05) is 0 Å². The van der Waals surface area contributed by atoms with Crippen LogP contribution < -0.4 is 16.4 Å². The summed E-state index contributed by atoms with van der Waals surface area (Å²) in [5, 5.41) is 5.40. The van der Waals surface area contributed by atoms with Crippen LogP contribution in [0.5, 0.6) is 0 Å². The van der Waals surface area contributed by atoms with E-state index >= 15 is 0 Å². The van der Waals surface area contributed by atoms with Crippen molar-refractivity contribution in [3.05, 3.63) is 65.2 Å². The Hall–Kier alpha value is -2.87. The molecule has 2 amide bonds. The Bertz CT molecular complexity index is 822. The number of halogens is 3. The van der Waals surface area contributed by atoms with Gasteiger partial charge in [-0.05, 0) is 36.8 Å². The zero-order valence-electron chi connectivity index (χ0n) is 14.6. The van der Waals surface area contributed by atoms with Crippen LogP contribution in [0.3, 0.4) is 0 Å². The first kappa shape index (κ1) is 20.4. The molecule has 0 fully saturated rings. The minimum atomic E-state index is -4.54. The number of carbonyl (C=O) groups excluding carboxylic acids is 2. The van der Waals surface area contributed by atoms with Gasteiger partial charge in [0, 0.05) is 24.6 Å². The molecule has 1 unspecified atom stereocenters. The maximum absolute atomic E-state index is 13.0. The molecule has 0 aliphatic carbocycles. The number of primary amides is 1. The van der Waals surface area contributed by atoms with Crippen LogP contribution in [-0.2, 0) is 17.5 Å². The highest BCUT2D eigenvalue weighted by atomic mass is 19.4. The van der Waals surface area contributed by atoms with E-state index in [1.165, 1.54) is 18.2 Å². The van der Waals surface area contributed by atoms with E-state index in [2.05, 4.69) is 10.6 Å². The lowest BCUT2D eigenvalue weighted by atomic mass is 10.1. The van der Waals surface area contributed by atoms with Crippen LogP contribution in [0.2, 0.25) is 0 Å². The molecule has 0 bridgehead atoms. The van der Waals surface area contributed by atoms with Gasteiger partial charge in [0.2, 0.25) is 11.8 Å². The second-order valence-electron chi connectivity index (χ2n) is 6.14. The summed E-state index contributed by atoms with van der Waals surface area (Å²) >= 11 is 0. The van der Waals surface area contributed by atoms with Crippen molar-refractivity contribution < 1.29 is 22.8 Å². The predicted octanol–water partition coefficient (Wildman–Crippen LogP) is 3.31. The Balaban J connectivity index is 1.91. The quantitative estimate of drug-likeness (QED) is 0.690. The molecule has 0 saturated heterocycles. The summed E-state index contributed by atoms with van der Waals surface area (Å²) in [6.45, 7) is 2.13. The van der Waals surface area contributed by atoms with Crippen molar-refractivity contribution >= 4 is 17.5 Å². The first-order valence-corrected chi connectivity index (χ1v) is 8.25. The number of hydrogen-bond donors (Lipinski definition) is 3. The molecule has 0 heterocycles.